The van der Waals surface area contributed by atoms with E-state index in [4.69, 9.17) is 4.74 Å². The lowest BCUT2D eigenvalue weighted by Crippen LogP contribution is -2.01. The molecule has 0 amide bonds. The van der Waals surface area contributed by atoms with E-state index >= 15 is 0 Å². The summed E-state index contributed by atoms with van der Waals surface area (Å²) in [5.41, 5.74) is 1.29. The van der Waals surface area contributed by atoms with Crippen molar-refractivity contribution in [3.8, 4) is 5.88 Å². The maximum Gasteiger partial charge on any atom is 0.213 e. The second-order valence-electron chi connectivity index (χ2n) is 4.41. The zero-order chi connectivity index (χ0) is 14.6. The lowest BCUT2D eigenvalue weighted by atomic mass is 10.2. The molecule has 0 radical (unpaired) electrons. The molecule has 0 aliphatic rings. The average Bonchev–Trinajstić information content (AvgIpc) is 2.59. The molecule has 0 N–H and O–H groups in total. The molecule has 0 saturated carbocycles. The van der Waals surface area contributed by atoms with Gasteiger partial charge < -0.3 is 4.74 Å². The van der Waals surface area contributed by atoms with Crippen molar-refractivity contribution in [3.05, 3.63) is 96.7 Å². The molecule has 1 heterocycles. The largest absolute Gasteiger partial charge is 0.477 e. The summed E-state index contributed by atoms with van der Waals surface area (Å²) in [6, 6.07) is 28.0. The Morgan fingerprint density at radius 2 is 1.24 bits per heavy atom. The number of aromatic nitrogens is 1. The highest BCUT2D eigenvalue weighted by atomic mass is 16.5. The maximum absolute atomic E-state index is 5.50. The number of hydrogen-bond acceptors (Lipinski definition) is 2. The molecule has 0 fully saturated rings. The summed E-state index contributed by atoms with van der Waals surface area (Å²) in [4.78, 5) is 4.09. The summed E-state index contributed by atoms with van der Waals surface area (Å²) >= 11 is 0. The summed E-state index contributed by atoms with van der Waals surface area (Å²) in [6.45, 7) is 0.668. The smallest absolute Gasteiger partial charge is 0.213 e. The molecule has 0 aliphatic heterocycles. The standard InChI is InChI=1S/C13H13NO.C6H6/c1-2-6-12(7-3-1)9-11-15-13-8-4-5-10-14-13;1-2-4-6-5-3-1/h1-8,10H,9,11H2;1-6H. The first-order chi connectivity index (χ1) is 10.4. The van der Waals surface area contributed by atoms with Crippen LogP contribution in [0.5, 0.6) is 5.88 Å². The van der Waals surface area contributed by atoms with E-state index in [0.29, 0.717) is 12.5 Å². The minimum Gasteiger partial charge on any atom is -0.477 e. The van der Waals surface area contributed by atoms with E-state index in [1.54, 1.807) is 6.20 Å². The zero-order valence-corrected chi connectivity index (χ0v) is 11.9. The van der Waals surface area contributed by atoms with Crippen LogP contribution < -0.4 is 4.74 Å². The highest BCUT2D eigenvalue weighted by molar-refractivity contribution is 5.15. The predicted molar refractivity (Wildman–Crippen MR) is 86.3 cm³/mol. The van der Waals surface area contributed by atoms with E-state index in [-0.39, 0.29) is 0 Å². The van der Waals surface area contributed by atoms with Crippen LogP contribution in [0.25, 0.3) is 0 Å². The van der Waals surface area contributed by atoms with Gasteiger partial charge in [0.05, 0.1) is 6.61 Å². The van der Waals surface area contributed by atoms with Gasteiger partial charge in [0.15, 0.2) is 0 Å². The van der Waals surface area contributed by atoms with E-state index in [9.17, 15) is 0 Å². The van der Waals surface area contributed by atoms with Gasteiger partial charge in [-0.15, -0.1) is 0 Å². The van der Waals surface area contributed by atoms with Gasteiger partial charge in [0.2, 0.25) is 5.88 Å². The fourth-order valence-electron chi connectivity index (χ4n) is 1.74. The van der Waals surface area contributed by atoms with Crippen LogP contribution in [0.2, 0.25) is 0 Å². The highest BCUT2D eigenvalue weighted by Gasteiger charge is 1.94. The molecule has 0 aliphatic carbocycles. The van der Waals surface area contributed by atoms with Gasteiger partial charge in [0.1, 0.15) is 0 Å². The summed E-state index contributed by atoms with van der Waals surface area (Å²) in [6.07, 6.45) is 2.65. The summed E-state index contributed by atoms with van der Waals surface area (Å²) in [5, 5.41) is 0. The minimum atomic E-state index is 0.668. The third-order valence-corrected chi connectivity index (χ3v) is 2.79. The predicted octanol–water partition coefficient (Wildman–Crippen LogP) is 4.39. The van der Waals surface area contributed by atoms with Gasteiger partial charge in [0, 0.05) is 18.7 Å². The molecule has 21 heavy (non-hydrogen) atoms. The van der Waals surface area contributed by atoms with Crippen molar-refractivity contribution in [2.75, 3.05) is 6.61 Å². The first-order valence-electron chi connectivity index (χ1n) is 7.03. The number of hydrogen-bond donors (Lipinski definition) is 0. The second kappa shape index (κ2) is 9.32. The van der Waals surface area contributed by atoms with Gasteiger partial charge in [-0.3, -0.25) is 0 Å². The first kappa shape index (κ1) is 14.8. The number of rotatable bonds is 4. The minimum absolute atomic E-state index is 0.668. The summed E-state index contributed by atoms with van der Waals surface area (Å²) in [7, 11) is 0. The summed E-state index contributed by atoms with van der Waals surface area (Å²) < 4.78 is 5.50. The fraction of sp³-hybridized carbons (Fsp3) is 0.105. The zero-order valence-electron chi connectivity index (χ0n) is 11.9. The molecular weight excluding hydrogens is 258 g/mol. The molecule has 3 rings (SSSR count). The highest BCUT2D eigenvalue weighted by Crippen LogP contribution is 2.05. The van der Waals surface area contributed by atoms with Crippen LogP contribution in [0, 0.1) is 0 Å². The van der Waals surface area contributed by atoms with Gasteiger partial charge >= 0.3 is 0 Å². The molecule has 2 nitrogen and oxygen atoms in total. The molecule has 106 valence electrons. The molecule has 0 unspecified atom stereocenters. The lowest BCUT2D eigenvalue weighted by Gasteiger charge is -2.04. The molecule has 1 aromatic heterocycles. The van der Waals surface area contributed by atoms with Crippen molar-refractivity contribution in [2.45, 2.75) is 6.42 Å². The van der Waals surface area contributed by atoms with E-state index in [2.05, 4.69) is 17.1 Å². The Morgan fingerprint density at radius 3 is 1.81 bits per heavy atom. The van der Waals surface area contributed by atoms with Crippen molar-refractivity contribution >= 4 is 0 Å². The second-order valence-corrected chi connectivity index (χ2v) is 4.41. The molecule has 0 bridgehead atoms. The van der Waals surface area contributed by atoms with Crippen molar-refractivity contribution in [3.63, 3.8) is 0 Å². The van der Waals surface area contributed by atoms with Crippen LogP contribution in [0.3, 0.4) is 0 Å². The van der Waals surface area contributed by atoms with Crippen molar-refractivity contribution in [2.24, 2.45) is 0 Å². The van der Waals surface area contributed by atoms with Crippen LogP contribution >= 0.6 is 0 Å². The molecule has 2 aromatic carbocycles. The number of benzene rings is 2. The molecular formula is C19H19NO. The monoisotopic (exact) mass is 277 g/mol. The fourth-order valence-corrected chi connectivity index (χ4v) is 1.74. The lowest BCUT2D eigenvalue weighted by molar-refractivity contribution is 0.309. The number of ether oxygens (including phenoxy) is 1. The summed E-state index contributed by atoms with van der Waals surface area (Å²) in [5.74, 6) is 0.688. The Bertz CT molecular complexity index is 516. The van der Waals surface area contributed by atoms with Crippen LogP contribution in [-0.4, -0.2) is 11.6 Å². The van der Waals surface area contributed by atoms with Crippen molar-refractivity contribution in [1.29, 1.82) is 0 Å². The molecule has 3 aromatic rings. The molecule has 0 saturated heterocycles. The van der Waals surface area contributed by atoms with Crippen LogP contribution in [-0.2, 0) is 6.42 Å². The van der Waals surface area contributed by atoms with Gasteiger partial charge in [-0.05, 0) is 11.6 Å². The Kier molecular flexibility index (Phi) is 6.56. The average molecular weight is 277 g/mol. The Morgan fingerprint density at radius 1 is 0.667 bits per heavy atom. The quantitative estimate of drug-likeness (QED) is 0.705. The van der Waals surface area contributed by atoms with Gasteiger partial charge in [-0.2, -0.15) is 0 Å². The third kappa shape index (κ3) is 6.39. The Labute approximate surface area is 126 Å². The van der Waals surface area contributed by atoms with E-state index < -0.39 is 0 Å². The molecule has 2 heteroatoms. The Hall–Kier alpha value is -2.61. The van der Waals surface area contributed by atoms with Crippen LogP contribution in [0.1, 0.15) is 5.56 Å². The molecule has 0 spiro atoms. The first-order valence-corrected chi connectivity index (χ1v) is 7.03. The normalized spacial score (nSPS) is 9.33. The Balaban J connectivity index is 0.000000225. The van der Waals surface area contributed by atoms with Crippen LogP contribution in [0.15, 0.2) is 91.1 Å². The maximum atomic E-state index is 5.50. The van der Waals surface area contributed by atoms with E-state index in [0.717, 1.165) is 6.42 Å². The molecule has 0 atom stereocenters. The van der Waals surface area contributed by atoms with E-state index in [1.165, 1.54) is 5.56 Å². The van der Waals surface area contributed by atoms with Crippen LogP contribution in [0.4, 0.5) is 0 Å². The van der Waals surface area contributed by atoms with Gasteiger partial charge in [-0.1, -0.05) is 72.8 Å². The van der Waals surface area contributed by atoms with Crippen molar-refractivity contribution in [1.82, 2.24) is 4.98 Å². The van der Waals surface area contributed by atoms with Gasteiger partial charge in [0.25, 0.3) is 0 Å². The van der Waals surface area contributed by atoms with Crippen molar-refractivity contribution < 1.29 is 4.74 Å². The topological polar surface area (TPSA) is 22.1 Å². The third-order valence-electron chi connectivity index (χ3n) is 2.79. The van der Waals surface area contributed by atoms with Gasteiger partial charge in [-0.25, -0.2) is 4.98 Å². The number of pyridine rings is 1. The van der Waals surface area contributed by atoms with E-state index in [1.807, 2.05) is 72.8 Å². The SMILES string of the molecule is c1ccc(CCOc2ccccn2)cc1.c1ccccc1. The number of nitrogens with zero attached hydrogens (tertiary/aromatic N) is 1.